The van der Waals surface area contributed by atoms with Crippen LogP contribution in [0.4, 0.5) is 10.5 Å². The number of methoxy groups -OCH3 is 1. The molecule has 0 aliphatic carbocycles. The van der Waals surface area contributed by atoms with Crippen molar-refractivity contribution >= 4 is 23.4 Å². The largest absolute Gasteiger partial charge is 0.497 e. The molecule has 1 aromatic rings. The number of aliphatic imine (C=N–C) groups is 1. The first-order valence-electron chi connectivity index (χ1n) is 6.71. The summed E-state index contributed by atoms with van der Waals surface area (Å²) in [7, 11) is 1.52. The Hall–Kier alpha value is -2.57. The van der Waals surface area contributed by atoms with Gasteiger partial charge in [-0.25, -0.2) is 4.79 Å². The molecule has 7 nitrogen and oxygen atoms in total. The highest BCUT2D eigenvalue weighted by Crippen LogP contribution is 2.30. The number of nitrogens with zero attached hydrogens (tertiary/aromatic N) is 1. The molecule has 0 saturated heterocycles. The van der Waals surface area contributed by atoms with Crippen molar-refractivity contribution in [1.29, 1.82) is 0 Å². The summed E-state index contributed by atoms with van der Waals surface area (Å²) in [4.78, 5) is 27.5. The third-order valence-electron chi connectivity index (χ3n) is 2.68. The number of carbonyl (C=O) groups excluding carboxylic acids is 2. The van der Waals surface area contributed by atoms with Crippen molar-refractivity contribution in [3.63, 3.8) is 0 Å². The molecular weight excluding hydrogens is 288 g/mol. The van der Waals surface area contributed by atoms with E-state index >= 15 is 0 Å². The fourth-order valence-corrected chi connectivity index (χ4v) is 1.74. The first kappa shape index (κ1) is 15.8. The minimum absolute atomic E-state index is 0.0515. The average Bonchev–Trinajstić information content (AvgIpc) is 2.56. The SMILES string of the molecule is COc1ccc2c(c1)NC(=O)C(=NC(=O)OC(C)(C)C)CO2. The molecule has 2 rings (SSSR count). The lowest BCUT2D eigenvalue weighted by molar-refractivity contribution is -0.110. The van der Waals surface area contributed by atoms with Crippen molar-refractivity contribution in [1.82, 2.24) is 0 Å². The minimum Gasteiger partial charge on any atom is -0.497 e. The van der Waals surface area contributed by atoms with Crippen molar-refractivity contribution in [2.45, 2.75) is 26.4 Å². The predicted molar refractivity (Wildman–Crippen MR) is 80.8 cm³/mol. The Kier molecular flexibility index (Phi) is 4.35. The Balaban J connectivity index is 2.19. The molecule has 0 fully saturated rings. The van der Waals surface area contributed by atoms with E-state index in [0.29, 0.717) is 17.2 Å². The third kappa shape index (κ3) is 3.97. The molecule has 0 bridgehead atoms. The lowest BCUT2D eigenvalue weighted by Gasteiger charge is -2.17. The summed E-state index contributed by atoms with van der Waals surface area (Å²) in [5.74, 6) is 0.539. The maximum absolute atomic E-state index is 12.1. The summed E-state index contributed by atoms with van der Waals surface area (Å²) < 4.78 is 15.6. The number of ether oxygens (including phenoxy) is 3. The van der Waals surface area contributed by atoms with Gasteiger partial charge in [-0.1, -0.05) is 0 Å². The van der Waals surface area contributed by atoms with Gasteiger partial charge in [-0.3, -0.25) is 4.79 Å². The van der Waals surface area contributed by atoms with Gasteiger partial charge in [-0.15, -0.1) is 0 Å². The molecule has 0 unspecified atom stereocenters. The molecule has 0 aromatic heterocycles. The van der Waals surface area contributed by atoms with Gasteiger partial charge in [0.1, 0.15) is 23.7 Å². The summed E-state index contributed by atoms with van der Waals surface area (Å²) >= 11 is 0. The van der Waals surface area contributed by atoms with E-state index in [1.54, 1.807) is 39.0 Å². The molecule has 0 spiro atoms. The number of hydrogen-bond donors (Lipinski definition) is 1. The third-order valence-corrected chi connectivity index (χ3v) is 2.68. The summed E-state index contributed by atoms with van der Waals surface area (Å²) in [6.45, 7) is 5.04. The quantitative estimate of drug-likeness (QED) is 0.861. The van der Waals surface area contributed by atoms with Crippen LogP contribution in [-0.2, 0) is 9.53 Å². The van der Waals surface area contributed by atoms with Crippen molar-refractivity contribution in [2.75, 3.05) is 19.0 Å². The molecule has 2 amide bonds. The number of carbonyl (C=O) groups is 2. The second kappa shape index (κ2) is 6.05. The second-order valence-corrected chi connectivity index (χ2v) is 5.64. The van der Waals surface area contributed by atoms with Crippen LogP contribution in [0.1, 0.15) is 20.8 Å². The van der Waals surface area contributed by atoms with E-state index < -0.39 is 17.6 Å². The summed E-state index contributed by atoms with van der Waals surface area (Å²) in [5, 5.41) is 2.63. The van der Waals surface area contributed by atoms with Gasteiger partial charge in [0.05, 0.1) is 12.8 Å². The summed E-state index contributed by atoms with van der Waals surface area (Å²) in [5.41, 5.74) is -0.275. The number of anilines is 1. The van der Waals surface area contributed by atoms with Crippen LogP contribution in [0.5, 0.6) is 11.5 Å². The zero-order valence-corrected chi connectivity index (χ0v) is 12.9. The smallest absolute Gasteiger partial charge is 0.434 e. The maximum atomic E-state index is 12.1. The number of amides is 2. The Bertz CT molecular complexity index is 631. The summed E-state index contributed by atoms with van der Waals surface area (Å²) in [6, 6.07) is 5.01. The topological polar surface area (TPSA) is 86.2 Å². The standard InChI is InChI=1S/C15H18N2O5/c1-15(2,3)22-14(19)17-11-8-21-12-6-5-9(20-4)7-10(12)16-13(11)18/h5-7H,8H2,1-4H3,(H,16,18). The monoisotopic (exact) mass is 306 g/mol. The van der Waals surface area contributed by atoms with E-state index in [4.69, 9.17) is 14.2 Å². The van der Waals surface area contributed by atoms with Crippen LogP contribution in [0, 0.1) is 0 Å². The molecule has 0 radical (unpaired) electrons. The Morgan fingerprint density at radius 2 is 2.09 bits per heavy atom. The Morgan fingerprint density at radius 3 is 2.73 bits per heavy atom. The van der Waals surface area contributed by atoms with Gasteiger partial charge in [0.15, 0.2) is 5.71 Å². The van der Waals surface area contributed by atoms with Crippen LogP contribution in [0.3, 0.4) is 0 Å². The van der Waals surface area contributed by atoms with E-state index in [1.807, 2.05) is 0 Å². The van der Waals surface area contributed by atoms with Crippen LogP contribution in [-0.4, -0.2) is 37.0 Å². The van der Waals surface area contributed by atoms with Crippen molar-refractivity contribution in [3.8, 4) is 11.5 Å². The fourth-order valence-electron chi connectivity index (χ4n) is 1.74. The molecule has 1 N–H and O–H groups in total. The predicted octanol–water partition coefficient (Wildman–Crippen LogP) is 2.40. The lowest BCUT2D eigenvalue weighted by Crippen LogP contribution is -2.28. The lowest BCUT2D eigenvalue weighted by atomic mass is 10.2. The van der Waals surface area contributed by atoms with Gasteiger partial charge in [0.25, 0.3) is 5.91 Å². The number of nitrogens with one attached hydrogen (secondary N) is 1. The second-order valence-electron chi connectivity index (χ2n) is 5.64. The van der Waals surface area contributed by atoms with Gasteiger partial charge < -0.3 is 19.5 Å². The molecule has 118 valence electrons. The zero-order valence-electron chi connectivity index (χ0n) is 12.9. The van der Waals surface area contributed by atoms with Gasteiger partial charge in [0.2, 0.25) is 0 Å². The highest BCUT2D eigenvalue weighted by molar-refractivity contribution is 6.45. The van der Waals surface area contributed by atoms with Gasteiger partial charge in [-0.2, -0.15) is 4.99 Å². The molecule has 22 heavy (non-hydrogen) atoms. The normalized spacial score (nSPS) is 16.2. The average molecular weight is 306 g/mol. The fraction of sp³-hybridized carbons (Fsp3) is 0.400. The van der Waals surface area contributed by atoms with Crippen LogP contribution >= 0.6 is 0 Å². The van der Waals surface area contributed by atoms with E-state index in [9.17, 15) is 9.59 Å². The maximum Gasteiger partial charge on any atom is 0.434 e. The number of rotatable bonds is 1. The van der Waals surface area contributed by atoms with Crippen LogP contribution < -0.4 is 14.8 Å². The Morgan fingerprint density at radius 1 is 1.36 bits per heavy atom. The molecule has 0 atom stereocenters. The Labute approximate surface area is 128 Å². The molecule has 1 aliphatic heterocycles. The summed E-state index contributed by atoms with van der Waals surface area (Å²) in [6.07, 6.45) is -0.829. The van der Waals surface area contributed by atoms with Crippen LogP contribution in [0.25, 0.3) is 0 Å². The highest BCUT2D eigenvalue weighted by atomic mass is 16.6. The van der Waals surface area contributed by atoms with Crippen molar-refractivity contribution in [2.24, 2.45) is 4.99 Å². The molecule has 0 saturated carbocycles. The van der Waals surface area contributed by atoms with E-state index in [2.05, 4.69) is 10.3 Å². The van der Waals surface area contributed by atoms with Gasteiger partial charge >= 0.3 is 6.09 Å². The molecular formula is C15H18N2O5. The van der Waals surface area contributed by atoms with Gasteiger partial charge in [-0.05, 0) is 32.9 Å². The van der Waals surface area contributed by atoms with Crippen molar-refractivity contribution < 1.29 is 23.8 Å². The van der Waals surface area contributed by atoms with Crippen LogP contribution in [0.15, 0.2) is 23.2 Å². The molecule has 7 heteroatoms. The number of benzene rings is 1. The number of fused-ring (bicyclic) bond motifs is 1. The highest BCUT2D eigenvalue weighted by Gasteiger charge is 2.23. The number of hydrogen-bond acceptors (Lipinski definition) is 5. The zero-order chi connectivity index (χ0) is 16.3. The van der Waals surface area contributed by atoms with E-state index in [-0.39, 0.29) is 12.3 Å². The molecule has 1 aromatic carbocycles. The minimum atomic E-state index is -0.829. The van der Waals surface area contributed by atoms with Crippen molar-refractivity contribution in [3.05, 3.63) is 18.2 Å². The first-order valence-corrected chi connectivity index (χ1v) is 6.71. The van der Waals surface area contributed by atoms with E-state index in [0.717, 1.165) is 0 Å². The van der Waals surface area contributed by atoms with E-state index in [1.165, 1.54) is 7.11 Å². The molecule has 1 aliphatic rings. The first-order chi connectivity index (χ1) is 10.3. The molecule has 1 heterocycles. The van der Waals surface area contributed by atoms with Crippen LogP contribution in [0.2, 0.25) is 0 Å². The van der Waals surface area contributed by atoms with Gasteiger partial charge in [0, 0.05) is 6.07 Å².